The lowest BCUT2D eigenvalue weighted by atomic mass is 9.97. The van der Waals surface area contributed by atoms with Crippen molar-refractivity contribution in [2.75, 3.05) is 4.90 Å². The molecule has 3 heteroatoms. The Morgan fingerprint density at radius 1 is 0.275 bits per heavy atom. The molecule has 0 radical (unpaired) electrons. The summed E-state index contributed by atoms with van der Waals surface area (Å²) >= 11 is 0. The molecular weight excluding hydrogens is 837 g/mol. The number of aromatic nitrogens is 1. The number of fused-ring (bicyclic) bond motifs is 6. The summed E-state index contributed by atoms with van der Waals surface area (Å²) in [5, 5.41) is 4.76. The molecule has 0 aliphatic heterocycles. The molecular formula is C66H44N2O. The number of benzene rings is 11. The van der Waals surface area contributed by atoms with Gasteiger partial charge in [0.25, 0.3) is 0 Å². The number of furan rings is 1. The van der Waals surface area contributed by atoms with E-state index in [1.165, 1.54) is 44.1 Å². The number of anilines is 3. The minimum Gasteiger partial charge on any atom is -0.455 e. The molecule has 0 saturated carbocycles. The highest BCUT2D eigenvalue weighted by atomic mass is 16.3. The lowest BCUT2D eigenvalue weighted by Crippen LogP contribution is -2.10. The minimum atomic E-state index is 0.904. The third-order valence-electron chi connectivity index (χ3n) is 13.6. The molecule has 13 rings (SSSR count). The van der Waals surface area contributed by atoms with Crippen LogP contribution in [0.15, 0.2) is 271 Å². The molecule has 13 aromatic rings. The molecule has 0 bridgehead atoms. The predicted octanol–water partition coefficient (Wildman–Crippen LogP) is 18.5. The molecule has 0 saturated heterocycles. The molecule has 69 heavy (non-hydrogen) atoms. The summed E-state index contributed by atoms with van der Waals surface area (Å²) in [5.41, 5.74) is 20.1. The monoisotopic (exact) mass is 880 g/mol. The van der Waals surface area contributed by atoms with Gasteiger partial charge in [-0.05, 0) is 111 Å². The first-order valence-electron chi connectivity index (χ1n) is 23.6. The molecule has 0 amide bonds. The number of hydrogen-bond donors (Lipinski definition) is 0. The fourth-order valence-corrected chi connectivity index (χ4v) is 10.3. The van der Waals surface area contributed by atoms with Gasteiger partial charge in [0.1, 0.15) is 11.2 Å². The summed E-state index contributed by atoms with van der Waals surface area (Å²) in [4.78, 5) is 2.37. The first-order valence-corrected chi connectivity index (χ1v) is 23.6. The van der Waals surface area contributed by atoms with Crippen LogP contribution < -0.4 is 4.90 Å². The van der Waals surface area contributed by atoms with E-state index in [1.807, 2.05) is 12.1 Å². The third-order valence-corrected chi connectivity index (χ3v) is 13.6. The molecule has 0 fully saturated rings. The van der Waals surface area contributed by atoms with Crippen LogP contribution in [0.25, 0.3) is 105 Å². The zero-order chi connectivity index (χ0) is 45.7. The minimum absolute atomic E-state index is 0.904. The van der Waals surface area contributed by atoms with E-state index in [1.54, 1.807) is 0 Å². The average Bonchev–Trinajstić information content (AvgIpc) is 3.98. The smallest absolute Gasteiger partial charge is 0.143 e. The Hall–Kier alpha value is -9.18. The van der Waals surface area contributed by atoms with Crippen molar-refractivity contribution in [3.05, 3.63) is 267 Å². The summed E-state index contributed by atoms with van der Waals surface area (Å²) in [6.07, 6.45) is 0. The molecule has 2 aromatic heterocycles. The Balaban J connectivity index is 0.894. The second-order valence-electron chi connectivity index (χ2n) is 17.7. The largest absolute Gasteiger partial charge is 0.455 e. The normalized spacial score (nSPS) is 11.5. The summed E-state index contributed by atoms with van der Waals surface area (Å²) < 4.78 is 8.87. The van der Waals surface area contributed by atoms with Gasteiger partial charge in [0.2, 0.25) is 0 Å². The lowest BCUT2D eigenvalue weighted by molar-refractivity contribution is 0.670. The molecule has 0 aliphatic rings. The zero-order valence-corrected chi connectivity index (χ0v) is 37.7. The van der Waals surface area contributed by atoms with E-state index in [0.29, 0.717) is 0 Å². The van der Waals surface area contributed by atoms with Crippen molar-refractivity contribution < 1.29 is 4.42 Å². The van der Waals surface area contributed by atoms with Crippen LogP contribution in [-0.4, -0.2) is 4.57 Å². The Bertz CT molecular complexity index is 3940. The summed E-state index contributed by atoms with van der Waals surface area (Å²) in [6.45, 7) is 0. The van der Waals surface area contributed by atoms with Crippen molar-refractivity contribution in [1.82, 2.24) is 4.57 Å². The van der Waals surface area contributed by atoms with E-state index in [-0.39, 0.29) is 0 Å². The standard InChI is InChI=1S/C66H44N2O/c1-2-15-45(16-3-1)46-31-33-47(34-32-46)48-35-39-53(40-36-48)67(54-41-37-49(38-42-54)50-17-12-18-51(43-50)57-25-14-26-61-60-24-7-11-30-65(60)69-66(57)61)55-20-13-19-52(44-55)56-21-4-8-27-62(56)68-63-28-9-5-22-58(63)59-23-6-10-29-64(59)68/h1-44H. The van der Waals surface area contributed by atoms with Crippen molar-refractivity contribution in [2.24, 2.45) is 0 Å². The Kier molecular flexibility index (Phi) is 9.84. The molecule has 0 atom stereocenters. The fraction of sp³-hybridized carbons (Fsp3) is 0. The Morgan fingerprint density at radius 2 is 0.725 bits per heavy atom. The van der Waals surface area contributed by atoms with E-state index in [9.17, 15) is 0 Å². The number of hydrogen-bond acceptors (Lipinski definition) is 2. The van der Waals surface area contributed by atoms with Crippen LogP contribution in [0.2, 0.25) is 0 Å². The maximum absolute atomic E-state index is 6.45. The third kappa shape index (κ3) is 7.16. The van der Waals surface area contributed by atoms with Gasteiger partial charge in [-0.15, -0.1) is 0 Å². The quantitative estimate of drug-likeness (QED) is 0.144. The molecule has 3 nitrogen and oxygen atoms in total. The molecule has 324 valence electrons. The molecule has 0 unspecified atom stereocenters. The SMILES string of the molecule is c1ccc(-c2ccc(-c3ccc(N(c4ccc(-c5cccc(-c6cccc7c6oc6ccccc67)c5)cc4)c4cccc(-c5ccccc5-n5c6ccccc6c6ccccc65)c4)cc3)cc2)cc1. The molecule has 11 aromatic carbocycles. The fourth-order valence-electron chi connectivity index (χ4n) is 10.3. The van der Waals surface area contributed by atoms with Gasteiger partial charge in [-0.3, -0.25) is 0 Å². The highest BCUT2D eigenvalue weighted by Gasteiger charge is 2.19. The van der Waals surface area contributed by atoms with Gasteiger partial charge in [0, 0.05) is 49.7 Å². The highest BCUT2D eigenvalue weighted by molar-refractivity contribution is 6.11. The average molecular weight is 881 g/mol. The van der Waals surface area contributed by atoms with Gasteiger partial charge in [0.05, 0.1) is 16.7 Å². The number of nitrogens with zero attached hydrogens (tertiary/aromatic N) is 2. The van der Waals surface area contributed by atoms with E-state index in [2.05, 4.69) is 264 Å². The second kappa shape index (κ2) is 16.9. The van der Waals surface area contributed by atoms with E-state index >= 15 is 0 Å². The van der Waals surface area contributed by atoms with Crippen molar-refractivity contribution >= 4 is 60.8 Å². The first kappa shape index (κ1) is 40.1. The van der Waals surface area contributed by atoms with Crippen LogP contribution in [0, 0.1) is 0 Å². The van der Waals surface area contributed by atoms with E-state index < -0.39 is 0 Å². The topological polar surface area (TPSA) is 21.3 Å². The molecule has 0 aliphatic carbocycles. The van der Waals surface area contributed by atoms with E-state index in [0.717, 1.165) is 78.1 Å². The van der Waals surface area contributed by atoms with Crippen LogP contribution in [0.3, 0.4) is 0 Å². The van der Waals surface area contributed by atoms with Gasteiger partial charge in [-0.25, -0.2) is 0 Å². The molecule has 2 heterocycles. The Morgan fingerprint density at radius 3 is 1.41 bits per heavy atom. The van der Waals surface area contributed by atoms with Crippen LogP contribution in [0.5, 0.6) is 0 Å². The van der Waals surface area contributed by atoms with E-state index in [4.69, 9.17) is 4.42 Å². The van der Waals surface area contributed by atoms with Crippen molar-refractivity contribution in [2.45, 2.75) is 0 Å². The summed E-state index contributed by atoms with van der Waals surface area (Å²) in [6, 6.07) is 96.1. The van der Waals surface area contributed by atoms with Gasteiger partial charge in [-0.2, -0.15) is 0 Å². The van der Waals surface area contributed by atoms with Crippen LogP contribution in [0.1, 0.15) is 0 Å². The molecule has 0 N–H and O–H groups in total. The number of rotatable bonds is 9. The summed E-state index contributed by atoms with van der Waals surface area (Å²) in [5.74, 6) is 0. The highest BCUT2D eigenvalue weighted by Crippen LogP contribution is 2.42. The van der Waals surface area contributed by atoms with Gasteiger partial charge >= 0.3 is 0 Å². The lowest BCUT2D eigenvalue weighted by Gasteiger charge is -2.27. The van der Waals surface area contributed by atoms with Gasteiger partial charge in [0.15, 0.2) is 0 Å². The van der Waals surface area contributed by atoms with Crippen LogP contribution >= 0.6 is 0 Å². The summed E-state index contributed by atoms with van der Waals surface area (Å²) in [7, 11) is 0. The maximum Gasteiger partial charge on any atom is 0.143 e. The second-order valence-corrected chi connectivity index (χ2v) is 17.7. The van der Waals surface area contributed by atoms with Crippen molar-refractivity contribution in [3.8, 4) is 61.3 Å². The van der Waals surface area contributed by atoms with Crippen molar-refractivity contribution in [1.29, 1.82) is 0 Å². The first-order chi connectivity index (χ1) is 34.2. The zero-order valence-electron chi connectivity index (χ0n) is 37.7. The van der Waals surface area contributed by atoms with Gasteiger partial charge < -0.3 is 13.9 Å². The molecule has 0 spiro atoms. The van der Waals surface area contributed by atoms with Crippen LogP contribution in [-0.2, 0) is 0 Å². The van der Waals surface area contributed by atoms with Crippen molar-refractivity contribution in [3.63, 3.8) is 0 Å². The predicted molar refractivity (Wildman–Crippen MR) is 290 cm³/mol. The maximum atomic E-state index is 6.45. The van der Waals surface area contributed by atoms with Crippen LogP contribution in [0.4, 0.5) is 17.1 Å². The Labute approximate surface area is 401 Å². The van der Waals surface area contributed by atoms with Gasteiger partial charge in [-0.1, -0.05) is 200 Å². The number of para-hydroxylation sites is 5.